The number of carboxylic acid groups (broad SMARTS) is 1. The lowest BCUT2D eigenvalue weighted by Crippen LogP contribution is -2.28. The molecule has 2 amide bonds. The van der Waals surface area contributed by atoms with Crippen molar-refractivity contribution < 1.29 is 24.2 Å². The van der Waals surface area contributed by atoms with Gasteiger partial charge in [-0.05, 0) is 48.9 Å². The van der Waals surface area contributed by atoms with Crippen molar-refractivity contribution in [2.24, 2.45) is 10.2 Å². The van der Waals surface area contributed by atoms with Crippen molar-refractivity contribution in [3.05, 3.63) is 59.7 Å². The van der Waals surface area contributed by atoms with Crippen LogP contribution < -0.4 is 15.4 Å². The summed E-state index contributed by atoms with van der Waals surface area (Å²) in [6.45, 7) is 1.54. The summed E-state index contributed by atoms with van der Waals surface area (Å²) in [5.41, 5.74) is 2.49. The van der Waals surface area contributed by atoms with E-state index in [9.17, 15) is 14.4 Å². The van der Waals surface area contributed by atoms with Crippen LogP contribution in [0.1, 0.15) is 17.5 Å². The van der Waals surface area contributed by atoms with Crippen LogP contribution in [0.4, 0.5) is 5.69 Å². The summed E-state index contributed by atoms with van der Waals surface area (Å²) >= 11 is 1.15. The number of aryl methyl sites for hydroxylation is 1. The van der Waals surface area contributed by atoms with Gasteiger partial charge in [-0.2, -0.15) is 5.10 Å². The van der Waals surface area contributed by atoms with Gasteiger partial charge >= 0.3 is 5.97 Å². The molecular weight excluding hydrogens is 420 g/mol. The highest BCUT2D eigenvalue weighted by Gasteiger charge is 2.32. The highest BCUT2D eigenvalue weighted by Crippen LogP contribution is 2.23. The van der Waals surface area contributed by atoms with Crippen molar-refractivity contribution >= 4 is 46.6 Å². The maximum absolute atomic E-state index is 12.2. The second-order valence-corrected chi connectivity index (χ2v) is 7.81. The minimum atomic E-state index is -1.05. The molecule has 3 N–H and O–H groups in total. The Morgan fingerprint density at radius 1 is 1.19 bits per heavy atom. The van der Waals surface area contributed by atoms with Gasteiger partial charge in [0.2, 0.25) is 11.8 Å². The first-order chi connectivity index (χ1) is 14.9. The monoisotopic (exact) mass is 440 g/mol. The van der Waals surface area contributed by atoms with Crippen LogP contribution in [0.3, 0.4) is 0 Å². The number of thioether (sulfide) groups is 1. The standard InChI is InChI=1S/C21H20N4O5S/c1-13-2-6-15(7-3-13)23-18(26)10-17-20(29)24-21(31-17)25-22-11-14-4-8-16(9-5-14)30-12-19(27)28/h2-9,11,17H,10,12H2,1H3,(H,23,26)(H,27,28)(H,24,25,29). The van der Waals surface area contributed by atoms with Gasteiger partial charge in [0.1, 0.15) is 11.0 Å². The SMILES string of the molecule is Cc1ccc(NC(=O)CC2SC(=NN=Cc3ccc(OCC(=O)O)cc3)NC2=O)cc1. The number of benzene rings is 2. The number of aliphatic carboxylic acids is 1. The lowest BCUT2D eigenvalue weighted by molar-refractivity contribution is -0.139. The summed E-state index contributed by atoms with van der Waals surface area (Å²) in [5, 5.41) is 21.6. The van der Waals surface area contributed by atoms with E-state index in [-0.39, 0.29) is 18.2 Å². The summed E-state index contributed by atoms with van der Waals surface area (Å²) in [7, 11) is 0. The van der Waals surface area contributed by atoms with Gasteiger partial charge in [-0.15, -0.1) is 5.10 Å². The van der Waals surface area contributed by atoms with Gasteiger partial charge in [0.15, 0.2) is 11.8 Å². The molecule has 1 fully saturated rings. The second-order valence-electron chi connectivity index (χ2n) is 6.62. The molecule has 3 rings (SSSR count). The molecule has 160 valence electrons. The molecule has 0 aromatic heterocycles. The molecule has 1 unspecified atom stereocenters. The van der Waals surface area contributed by atoms with Crippen molar-refractivity contribution in [3.63, 3.8) is 0 Å². The van der Waals surface area contributed by atoms with Crippen LogP contribution in [0.25, 0.3) is 0 Å². The Kier molecular flexibility index (Phi) is 7.39. The number of amidine groups is 1. The predicted molar refractivity (Wildman–Crippen MR) is 119 cm³/mol. The average Bonchev–Trinajstić information content (AvgIpc) is 3.08. The van der Waals surface area contributed by atoms with E-state index in [1.54, 1.807) is 24.3 Å². The number of rotatable bonds is 8. The Bertz CT molecular complexity index is 1020. The fourth-order valence-electron chi connectivity index (χ4n) is 2.55. The molecule has 0 aliphatic carbocycles. The van der Waals surface area contributed by atoms with E-state index in [4.69, 9.17) is 9.84 Å². The van der Waals surface area contributed by atoms with E-state index >= 15 is 0 Å². The quantitative estimate of drug-likeness (QED) is 0.427. The third-order valence-corrected chi connectivity index (χ3v) is 5.15. The molecule has 1 saturated heterocycles. The number of nitrogens with one attached hydrogen (secondary N) is 2. The molecule has 31 heavy (non-hydrogen) atoms. The van der Waals surface area contributed by atoms with Crippen LogP contribution in [0.15, 0.2) is 58.7 Å². The van der Waals surface area contributed by atoms with Crippen LogP contribution >= 0.6 is 11.8 Å². The zero-order valence-corrected chi connectivity index (χ0v) is 17.4. The topological polar surface area (TPSA) is 129 Å². The fourth-order valence-corrected chi connectivity index (χ4v) is 3.47. The molecule has 1 atom stereocenters. The molecule has 10 heteroatoms. The molecular formula is C21H20N4O5S. The minimum absolute atomic E-state index is 0.0188. The third-order valence-electron chi connectivity index (χ3n) is 4.08. The molecule has 2 aromatic carbocycles. The summed E-state index contributed by atoms with van der Waals surface area (Å²) in [6.07, 6.45) is 1.50. The number of hydrogen-bond donors (Lipinski definition) is 3. The summed E-state index contributed by atoms with van der Waals surface area (Å²) in [6, 6.07) is 14.0. The van der Waals surface area contributed by atoms with Gasteiger partial charge < -0.3 is 20.5 Å². The van der Waals surface area contributed by atoms with Crippen molar-refractivity contribution in [1.82, 2.24) is 5.32 Å². The fraction of sp³-hybridized carbons (Fsp3) is 0.190. The maximum atomic E-state index is 12.2. The second kappa shape index (κ2) is 10.4. The number of amides is 2. The van der Waals surface area contributed by atoms with Crippen LogP contribution in [0.5, 0.6) is 5.75 Å². The number of carboxylic acids is 1. The predicted octanol–water partition coefficient (Wildman–Crippen LogP) is 2.41. The zero-order valence-electron chi connectivity index (χ0n) is 16.6. The van der Waals surface area contributed by atoms with E-state index in [1.807, 2.05) is 31.2 Å². The van der Waals surface area contributed by atoms with E-state index in [1.165, 1.54) is 6.21 Å². The Morgan fingerprint density at radius 2 is 1.90 bits per heavy atom. The lowest BCUT2D eigenvalue weighted by atomic mass is 10.2. The van der Waals surface area contributed by atoms with Gasteiger partial charge in [-0.1, -0.05) is 29.5 Å². The smallest absolute Gasteiger partial charge is 0.341 e. The Hall–Kier alpha value is -3.66. The van der Waals surface area contributed by atoms with Gasteiger partial charge in [0.05, 0.1) is 6.21 Å². The highest BCUT2D eigenvalue weighted by molar-refractivity contribution is 8.15. The third kappa shape index (κ3) is 6.96. The van der Waals surface area contributed by atoms with Crippen LogP contribution in [0.2, 0.25) is 0 Å². The molecule has 1 heterocycles. The van der Waals surface area contributed by atoms with Gasteiger partial charge in [-0.3, -0.25) is 9.59 Å². The van der Waals surface area contributed by atoms with E-state index < -0.39 is 17.8 Å². The van der Waals surface area contributed by atoms with E-state index in [0.29, 0.717) is 16.6 Å². The average molecular weight is 440 g/mol. The number of hydrogen-bond acceptors (Lipinski definition) is 7. The minimum Gasteiger partial charge on any atom is -0.482 e. The van der Waals surface area contributed by atoms with Crippen molar-refractivity contribution in [3.8, 4) is 5.75 Å². The van der Waals surface area contributed by atoms with Gasteiger partial charge in [-0.25, -0.2) is 4.79 Å². The molecule has 0 spiro atoms. The van der Waals surface area contributed by atoms with Gasteiger partial charge in [0.25, 0.3) is 0 Å². The molecule has 2 aromatic rings. The lowest BCUT2D eigenvalue weighted by Gasteiger charge is -2.07. The Balaban J connectivity index is 1.50. The zero-order chi connectivity index (χ0) is 22.2. The normalized spacial score (nSPS) is 17.0. The number of anilines is 1. The molecule has 1 aliphatic rings. The number of carbonyl (C=O) groups is 3. The Morgan fingerprint density at radius 3 is 2.58 bits per heavy atom. The van der Waals surface area contributed by atoms with Crippen LogP contribution in [-0.4, -0.2) is 46.1 Å². The van der Waals surface area contributed by atoms with Crippen LogP contribution in [0, 0.1) is 6.92 Å². The first-order valence-electron chi connectivity index (χ1n) is 9.29. The number of ether oxygens (including phenoxy) is 1. The summed E-state index contributed by atoms with van der Waals surface area (Å²) in [5.74, 6) is -1.18. The summed E-state index contributed by atoms with van der Waals surface area (Å²) in [4.78, 5) is 34.8. The van der Waals surface area contributed by atoms with E-state index in [2.05, 4.69) is 20.8 Å². The molecule has 0 saturated carbocycles. The van der Waals surface area contributed by atoms with Crippen LogP contribution in [-0.2, 0) is 14.4 Å². The Labute approximate surface area is 182 Å². The van der Waals surface area contributed by atoms with Crippen molar-refractivity contribution in [1.29, 1.82) is 0 Å². The van der Waals surface area contributed by atoms with Crippen molar-refractivity contribution in [2.45, 2.75) is 18.6 Å². The largest absolute Gasteiger partial charge is 0.482 e. The number of nitrogens with zero attached hydrogens (tertiary/aromatic N) is 2. The molecule has 1 aliphatic heterocycles. The molecule has 9 nitrogen and oxygen atoms in total. The maximum Gasteiger partial charge on any atom is 0.341 e. The number of carbonyl (C=O) groups excluding carboxylic acids is 2. The van der Waals surface area contributed by atoms with Gasteiger partial charge in [0, 0.05) is 12.1 Å². The van der Waals surface area contributed by atoms with E-state index in [0.717, 1.165) is 22.9 Å². The highest BCUT2D eigenvalue weighted by atomic mass is 32.2. The first-order valence-corrected chi connectivity index (χ1v) is 10.2. The molecule has 0 radical (unpaired) electrons. The summed E-state index contributed by atoms with van der Waals surface area (Å²) < 4.78 is 5.05. The first kappa shape index (κ1) is 22.0. The van der Waals surface area contributed by atoms with Crippen molar-refractivity contribution in [2.75, 3.05) is 11.9 Å². The molecule has 0 bridgehead atoms.